The summed E-state index contributed by atoms with van der Waals surface area (Å²) in [5.74, 6) is 0.494. The number of rotatable bonds is 17. The first-order valence-corrected chi connectivity index (χ1v) is 22.6. The van der Waals surface area contributed by atoms with E-state index in [1.807, 2.05) is 29.5 Å². The van der Waals surface area contributed by atoms with Gasteiger partial charge in [0.05, 0.1) is 20.4 Å². The first-order chi connectivity index (χ1) is 28.3. The number of unbranched alkanes of at least 4 members (excludes halogenated alkanes) is 2. The Labute approximate surface area is 350 Å². The third-order valence-corrected chi connectivity index (χ3v) is 14.0. The molecule has 58 heavy (non-hydrogen) atoms. The summed E-state index contributed by atoms with van der Waals surface area (Å²) in [5.41, 5.74) is 6.67. The average Bonchev–Trinajstić information content (AvgIpc) is 3.94. The lowest BCUT2D eigenvalue weighted by Crippen LogP contribution is -2.46. The van der Waals surface area contributed by atoms with Crippen LogP contribution >= 0.6 is 22.7 Å². The lowest BCUT2D eigenvalue weighted by Gasteiger charge is -2.25. The Morgan fingerprint density at radius 2 is 1.29 bits per heavy atom. The number of anilines is 3. The maximum absolute atomic E-state index is 14.1. The number of hydrogen-bond donors (Lipinski definition) is 1. The van der Waals surface area contributed by atoms with Crippen molar-refractivity contribution in [2.75, 3.05) is 4.90 Å². The lowest BCUT2D eigenvalue weighted by atomic mass is 9.99. The smallest absolute Gasteiger partial charge is 0.261 e. The molecule has 2 atom stereocenters. The van der Waals surface area contributed by atoms with Gasteiger partial charge in [-0.25, -0.2) is 0 Å². The molecule has 0 amide bonds. The Kier molecular flexibility index (Phi) is 13.0. The van der Waals surface area contributed by atoms with E-state index in [1.54, 1.807) is 11.3 Å². The zero-order chi connectivity index (χ0) is 40.8. The Morgan fingerprint density at radius 3 is 1.84 bits per heavy atom. The number of nitrogens with zero attached hydrogens (tertiary/aromatic N) is 4. The summed E-state index contributed by atoms with van der Waals surface area (Å²) in [7, 11) is 0. The number of benzene rings is 3. The second-order valence-corrected chi connectivity index (χ2v) is 17.6. The Hall–Kier alpha value is -5.36. The molecule has 4 heterocycles. The van der Waals surface area contributed by atoms with Crippen molar-refractivity contribution in [3.63, 3.8) is 0 Å². The van der Waals surface area contributed by atoms with Gasteiger partial charge in [0.2, 0.25) is 5.88 Å². The van der Waals surface area contributed by atoms with Crippen LogP contribution in [-0.2, 0) is 13.1 Å². The van der Waals surface area contributed by atoms with Gasteiger partial charge in [-0.3, -0.25) is 9.36 Å². The molecule has 0 bridgehead atoms. The molecule has 0 aliphatic rings. The summed E-state index contributed by atoms with van der Waals surface area (Å²) >= 11 is 3.50. The van der Waals surface area contributed by atoms with Gasteiger partial charge < -0.3 is 14.6 Å². The summed E-state index contributed by atoms with van der Waals surface area (Å²) in [6, 6.07) is 36.5. The van der Waals surface area contributed by atoms with Gasteiger partial charge in [0.15, 0.2) is 0 Å². The van der Waals surface area contributed by atoms with Crippen LogP contribution in [0.25, 0.3) is 43.5 Å². The highest BCUT2D eigenvalue weighted by Gasteiger charge is 2.22. The van der Waals surface area contributed by atoms with Gasteiger partial charge in [-0.1, -0.05) is 121 Å². The van der Waals surface area contributed by atoms with Crippen molar-refractivity contribution in [2.45, 2.75) is 92.2 Å². The number of aromatic nitrogens is 2. The normalized spacial score (nSPS) is 13.0. The highest BCUT2D eigenvalue weighted by atomic mass is 32.1. The Morgan fingerprint density at radius 1 is 0.759 bits per heavy atom. The predicted molar refractivity (Wildman–Crippen MR) is 247 cm³/mol. The number of thiophene rings is 2. The van der Waals surface area contributed by atoms with Crippen LogP contribution in [-0.4, -0.2) is 14.2 Å². The summed E-state index contributed by atoms with van der Waals surface area (Å²) < 4.78 is 6.36. The molecule has 0 aliphatic carbocycles. The first-order valence-electron chi connectivity index (χ1n) is 20.9. The molecule has 6 nitrogen and oxygen atoms in total. The summed E-state index contributed by atoms with van der Waals surface area (Å²) in [5, 5.41) is 21.9. The first kappa shape index (κ1) is 40.8. The van der Waals surface area contributed by atoms with Crippen LogP contribution in [0, 0.1) is 23.2 Å². The summed E-state index contributed by atoms with van der Waals surface area (Å²) in [6.07, 6.45) is 10.5. The van der Waals surface area contributed by atoms with Crippen LogP contribution in [0.15, 0.2) is 102 Å². The minimum atomic E-state index is -0.298. The number of pyridine rings is 1. The van der Waals surface area contributed by atoms with E-state index in [9.17, 15) is 15.2 Å². The molecule has 0 saturated carbocycles. The zero-order valence-electron chi connectivity index (χ0n) is 34.2. The van der Waals surface area contributed by atoms with E-state index in [1.165, 1.54) is 54.7 Å². The fraction of sp³-hybridized carbons (Fsp3) is 0.320. The zero-order valence-corrected chi connectivity index (χ0v) is 35.8. The topological polar surface area (TPSA) is 74.2 Å². The average molecular weight is 807 g/mol. The van der Waals surface area contributed by atoms with Crippen molar-refractivity contribution in [1.82, 2.24) is 9.13 Å². The standard InChI is InChI=1S/C50H54N4O2S2/c1-6-10-18-35(8-3)32-52-44-29-41(28-42-34(5)43(31-51)50(56)53(49(42)55)33-36(9-4)19-11-7-2)57-47(44)48-45(52)30-46(58-48)37-24-26-40(27-25-37)54(38-20-14-12-15-21-38)39-22-16-13-17-23-39/h12-17,20-30,35-36,56H,5-11,18-19,32-33H2,1-4H3/b42-28-. The van der Waals surface area contributed by atoms with Crippen molar-refractivity contribution in [2.24, 2.45) is 11.8 Å². The minimum Gasteiger partial charge on any atom is -0.493 e. The largest absolute Gasteiger partial charge is 0.493 e. The third kappa shape index (κ3) is 8.30. The molecule has 0 fully saturated rings. The van der Waals surface area contributed by atoms with E-state index in [2.05, 4.69) is 135 Å². The van der Waals surface area contributed by atoms with Gasteiger partial charge in [-0.15, -0.1) is 22.7 Å². The molecule has 7 rings (SSSR count). The molecule has 0 aliphatic heterocycles. The van der Waals surface area contributed by atoms with Crippen LogP contribution < -0.4 is 20.9 Å². The molecular weight excluding hydrogens is 753 g/mol. The van der Waals surface area contributed by atoms with E-state index in [0.717, 1.165) is 60.6 Å². The number of aromatic hydroxyl groups is 1. The van der Waals surface area contributed by atoms with Gasteiger partial charge in [0, 0.05) is 50.3 Å². The molecule has 1 N–H and O–H groups in total. The van der Waals surface area contributed by atoms with E-state index in [4.69, 9.17) is 0 Å². The lowest BCUT2D eigenvalue weighted by molar-refractivity contribution is 0.338. The Balaban J connectivity index is 1.33. The monoisotopic (exact) mass is 806 g/mol. The van der Waals surface area contributed by atoms with E-state index < -0.39 is 0 Å². The molecule has 8 heteroatoms. The predicted octanol–water partition coefficient (Wildman–Crippen LogP) is 12.5. The molecule has 0 spiro atoms. The van der Waals surface area contributed by atoms with Crippen LogP contribution in [0.3, 0.4) is 0 Å². The van der Waals surface area contributed by atoms with Crippen molar-refractivity contribution in [3.05, 3.63) is 128 Å². The van der Waals surface area contributed by atoms with Gasteiger partial charge in [-0.05, 0) is 84.8 Å². The highest BCUT2D eigenvalue weighted by molar-refractivity contribution is 7.29. The number of hydrogen-bond acceptors (Lipinski definition) is 6. The Bertz CT molecular complexity index is 2660. The van der Waals surface area contributed by atoms with Gasteiger partial charge in [0.1, 0.15) is 11.6 Å². The maximum atomic E-state index is 14.1. The van der Waals surface area contributed by atoms with Gasteiger partial charge in [0.25, 0.3) is 5.56 Å². The van der Waals surface area contributed by atoms with Crippen molar-refractivity contribution in [1.29, 1.82) is 5.26 Å². The van der Waals surface area contributed by atoms with E-state index in [0.29, 0.717) is 17.7 Å². The molecule has 0 saturated heterocycles. The van der Waals surface area contributed by atoms with Gasteiger partial charge in [-0.2, -0.15) is 5.26 Å². The van der Waals surface area contributed by atoms with Crippen molar-refractivity contribution < 1.29 is 5.11 Å². The summed E-state index contributed by atoms with van der Waals surface area (Å²) in [4.78, 5) is 18.6. The molecular formula is C50H54N4O2S2. The van der Waals surface area contributed by atoms with Crippen LogP contribution in [0.2, 0.25) is 0 Å². The van der Waals surface area contributed by atoms with E-state index >= 15 is 0 Å². The fourth-order valence-corrected chi connectivity index (χ4v) is 10.5. The molecule has 0 radical (unpaired) electrons. The number of nitriles is 1. The maximum Gasteiger partial charge on any atom is 0.261 e. The van der Waals surface area contributed by atoms with Gasteiger partial charge >= 0.3 is 0 Å². The van der Waals surface area contributed by atoms with E-state index in [-0.39, 0.29) is 28.1 Å². The molecule has 7 aromatic rings. The van der Waals surface area contributed by atoms with Crippen molar-refractivity contribution >= 4 is 72.8 Å². The van der Waals surface area contributed by atoms with Crippen LogP contribution in [0.4, 0.5) is 17.1 Å². The highest BCUT2D eigenvalue weighted by Crippen LogP contribution is 2.45. The summed E-state index contributed by atoms with van der Waals surface area (Å²) in [6.45, 7) is 14.3. The third-order valence-electron chi connectivity index (χ3n) is 11.6. The quantitative estimate of drug-likeness (QED) is 0.0994. The van der Waals surface area contributed by atoms with Crippen LogP contribution in [0.5, 0.6) is 5.88 Å². The second kappa shape index (κ2) is 18.5. The molecule has 298 valence electrons. The fourth-order valence-electron chi connectivity index (χ4n) is 8.13. The number of fused-ring (bicyclic) bond motifs is 3. The SMILES string of the molecule is C=c1c(C#N)c(O)n(CC(CC)CCCC)c(=O)/c1=C\c1cc2c(s1)c1sc(-c3ccc(N(c4ccccc4)c4ccccc4)cc3)cc1n2CC(CC)CCCC. The number of para-hydroxylation sites is 2. The minimum absolute atomic E-state index is 0.0653. The molecule has 3 aromatic carbocycles. The molecule has 2 unspecified atom stereocenters. The molecule has 4 aromatic heterocycles. The second-order valence-electron chi connectivity index (χ2n) is 15.4. The van der Waals surface area contributed by atoms with Crippen LogP contribution in [0.1, 0.15) is 89.5 Å². The van der Waals surface area contributed by atoms with Crippen molar-refractivity contribution in [3.8, 4) is 22.4 Å².